The van der Waals surface area contributed by atoms with Gasteiger partial charge in [0.15, 0.2) is 0 Å². The highest BCUT2D eigenvalue weighted by Crippen LogP contribution is 2.52. The molecule has 4 N–H and O–H groups in total. The van der Waals surface area contributed by atoms with Crippen LogP contribution in [0.15, 0.2) is 98.7 Å². The number of aliphatic imine (C=N–C) groups is 2. The Bertz CT molecular complexity index is 3240. The molecule has 5 aliphatic rings. The van der Waals surface area contributed by atoms with E-state index in [2.05, 4.69) is 106 Å². The Morgan fingerprint density at radius 1 is 0.517 bits per heavy atom. The van der Waals surface area contributed by atoms with Gasteiger partial charge in [-0.25, -0.2) is 0 Å². The summed E-state index contributed by atoms with van der Waals surface area (Å²) in [5.41, 5.74) is 6.82. The monoisotopic (exact) mass is 893 g/mol. The smallest absolute Gasteiger partial charge is 0.131 e. The first-order chi connectivity index (χ1) is 29.4. The number of rotatable bonds is 6. The molecule has 2 fully saturated rings. The van der Waals surface area contributed by atoms with Gasteiger partial charge >= 0.3 is 0 Å². The first-order valence-electron chi connectivity index (χ1n) is 19.9. The van der Waals surface area contributed by atoms with Crippen molar-refractivity contribution in [2.75, 3.05) is 20.0 Å². The molecule has 8 aromatic rings. The second-order valence-corrected chi connectivity index (χ2v) is 22.2. The standard InChI is InChI=1S/C45H35N9S6/c1-19-13-48-41(42-36(19)49-16-54-42)32-9-8-31(57-32)35-12-24-44-22(10-33(59-44)29-6-4-27(55-29)25-14-46-20(2)37-39(25)52-17-50-37)43-23(45(24)60-35)11-34(58-43)30-7-5-28(56-30)26-15-47-21(3)38-40(26)53-18-51-38/h4-15,36-37,39,42,49-50,52,54H,16-18H2,1-3H3. The van der Waals surface area contributed by atoms with Gasteiger partial charge < -0.3 is 0 Å². The van der Waals surface area contributed by atoms with Gasteiger partial charge in [-0.3, -0.25) is 46.2 Å². The van der Waals surface area contributed by atoms with Gasteiger partial charge in [0.1, 0.15) is 12.0 Å². The molecule has 0 amide bonds. The fourth-order valence-corrected chi connectivity index (χ4v) is 16.4. The van der Waals surface area contributed by atoms with E-state index in [1.54, 1.807) is 0 Å². The van der Waals surface area contributed by atoms with Crippen molar-refractivity contribution in [2.24, 2.45) is 20.0 Å². The molecule has 0 radical (unpaired) electrons. The van der Waals surface area contributed by atoms with E-state index in [-0.39, 0.29) is 18.1 Å². The van der Waals surface area contributed by atoms with Gasteiger partial charge in [-0.05, 0) is 80.9 Å². The van der Waals surface area contributed by atoms with E-state index in [9.17, 15) is 0 Å². The van der Waals surface area contributed by atoms with E-state index in [0.717, 1.165) is 46.7 Å². The molecule has 0 bridgehead atoms. The number of fused-ring (bicyclic) bond motifs is 9. The molecule has 1 aromatic carbocycles. The number of thiophene rings is 6. The largest absolute Gasteiger partial charge is 0.296 e. The van der Waals surface area contributed by atoms with E-state index in [1.165, 1.54) is 85.3 Å². The molecular formula is C45H35N9S6. The van der Waals surface area contributed by atoms with Crippen LogP contribution in [0.5, 0.6) is 0 Å². The molecule has 0 aliphatic carbocycles. The van der Waals surface area contributed by atoms with Gasteiger partial charge in [0, 0.05) is 118 Å². The zero-order chi connectivity index (χ0) is 39.8. The zero-order valence-corrected chi connectivity index (χ0v) is 37.4. The number of hydrogen-bond donors (Lipinski definition) is 4. The lowest BCUT2D eigenvalue weighted by Gasteiger charge is -2.24. The Balaban J connectivity index is 0.944. The Labute approximate surface area is 368 Å². The number of nitrogens with one attached hydrogen (secondary N) is 4. The molecule has 9 nitrogen and oxygen atoms in total. The highest BCUT2D eigenvalue weighted by molar-refractivity contribution is 7.32. The molecule has 5 aliphatic heterocycles. The molecule has 7 aromatic heterocycles. The lowest BCUT2D eigenvalue weighted by molar-refractivity contribution is 0.663. The lowest BCUT2D eigenvalue weighted by atomic mass is 9.95. The first kappa shape index (κ1) is 36.3. The van der Waals surface area contributed by atoms with E-state index in [0.29, 0.717) is 12.7 Å². The van der Waals surface area contributed by atoms with Crippen LogP contribution in [0.25, 0.3) is 75.5 Å². The van der Waals surface area contributed by atoms with Crippen LogP contribution in [0, 0.1) is 6.92 Å². The quantitative estimate of drug-likeness (QED) is 0.133. The Hall–Kier alpha value is -4.39. The number of pyridine rings is 1. The van der Waals surface area contributed by atoms with Crippen LogP contribution in [0.1, 0.15) is 29.3 Å². The lowest BCUT2D eigenvalue weighted by Crippen LogP contribution is -2.43. The predicted molar refractivity (Wildman–Crippen MR) is 256 cm³/mol. The summed E-state index contributed by atoms with van der Waals surface area (Å²) >= 11 is 11.3. The maximum Gasteiger partial charge on any atom is 0.131 e. The summed E-state index contributed by atoms with van der Waals surface area (Å²) in [5, 5.41) is 20.4. The third-order valence-corrected chi connectivity index (χ3v) is 19.7. The topological polar surface area (TPSA) is 110 Å². The SMILES string of the molecule is CC1=CN=C(c2ccc(-c3cc4c5sc(-c6ccc(C7=CN=C(C)C8NCNC78)s6)cc5c5sc(-c6ccc(-c7cnc(C)c8c7=NCN=8)s6)cc5c4s3)s2)C2NCNC12. The summed E-state index contributed by atoms with van der Waals surface area (Å²) in [5.74, 6) is 0. The Kier molecular flexibility index (Phi) is 8.35. The van der Waals surface area contributed by atoms with Crippen molar-refractivity contribution in [3.63, 3.8) is 0 Å². The summed E-state index contributed by atoms with van der Waals surface area (Å²) < 4.78 is 4.06. The predicted octanol–water partition coefficient (Wildman–Crippen LogP) is 9.39. The van der Waals surface area contributed by atoms with Gasteiger partial charge in [0.2, 0.25) is 0 Å². The minimum Gasteiger partial charge on any atom is -0.296 e. The summed E-state index contributed by atoms with van der Waals surface area (Å²) in [6.07, 6.45) is 6.07. The molecular weight excluding hydrogens is 859 g/mol. The molecule has 0 saturated carbocycles. The number of benzene rings is 1. The fourth-order valence-electron chi connectivity index (χ4n) is 9.26. The van der Waals surface area contributed by atoms with Gasteiger partial charge in [0.25, 0.3) is 0 Å². The second-order valence-electron chi connectivity index (χ2n) is 15.8. The van der Waals surface area contributed by atoms with Crippen LogP contribution in [0.2, 0.25) is 0 Å². The Morgan fingerprint density at radius 3 is 1.77 bits per heavy atom. The number of nitrogens with zero attached hydrogens (tertiary/aromatic N) is 5. The van der Waals surface area contributed by atoms with Crippen molar-refractivity contribution in [1.82, 2.24) is 26.3 Å². The van der Waals surface area contributed by atoms with Crippen molar-refractivity contribution in [3.8, 4) is 39.7 Å². The average Bonchev–Trinajstić information content (AvgIpc) is 4.11. The van der Waals surface area contributed by atoms with Crippen molar-refractivity contribution >= 4 is 115 Å². The molecule has 0 spiro atoms. The third-order valence-electron chi connectivity index (χ3n) is 12.3. The van der Waals surface area contributed by atoms with Gasteiger partial charge in [0.05, 0.1) is 45.8 Å². The molecule has 4 atom stereocenters. The minimum atomic E-state index is 0.193. The van der Waals surface area contributed by atoms with Crippen molar-refractivity contribution in [1.29, 1.82) is 0 Å². The van der Waals surface area contributed by atoms with Crippen molar-refractivity contribution in [3.05, 3.63) is 105 Å². The van der Waals surface area contributed by atoms with Gasteiger partial charge in [-0.15, -0.1) is 68.0 Å². The van der Waals surface area contributed by atoms with Crippen LogP contribution in [0.4, 0.5) is 0 Å². The van der Waals surface area contributed by atoms with E-state index in [1.807, 2.05) is 87.3 Å². The van der Waals surface area contributed by atoms with E-state index < -0.39 is 0 Å². The summed E-state index contributed by atoms with van der Waals surface area (Å²) in [7, 11) is 0. The third kappa shape index (κ3) is 5.54. The second kappa shape index (κ2) is 13.8. The first-order valence-corrected chi connectivity index (χ1v) is 24.8. The summed E-state index contributed by atoms with van der Waals surface area (Å²) in [6, 6.07) is 22.0. The van der Waals surface area contributed by atoms with E-state index in [4.69, 9.17) is 15.0 Å². The molecule has 60 heavy (non-hydrogen) atoms. The number of hydrogen-bond acceptors (Lipinski definition) is 15. The van der Waals surface area contributed by atoms with Gasteiger partial charge in [-0.2, -0.15) is 0 Å². The molecule has 15 heteroatoms. The maximum atomic E-state index is 4.95. The van der Waals surface area contributed by atoms with Crippen LogP contribution >= 0.6 is 68.0 Å². The van der Waals surface area contributed by atoms with Crippen LogP contribution < -0.4 is 32.0 Å². The van der Waals surface area contributed by atoms with Crippen molar-refractivity contribution in [2.45, 2.75) is 44.9 Å². The average molecular weight is 894 g/mol. The highest BCUT2D eigenvalue weighted by atomic mass is 32.1. The molecule has 296 valence electrons. The Morgan fingerprint density at radius 2 is 1.07 bits per heavy atom. The van der Waals surface area contributed by atoms with Crippen LogP contribution in [0.3, 0.4) is 0 Å². The van der Waals surface area contributed by atoms with Crippen molar-refractivity contribution < 1.29 is 0 Å². The normalized spacial score (nSPS) is 22.1. The van der Waals surface area contributed by atoms with Crippen LogP contribution in [-0.2, 0) is 0 Å². The minimum absolute atomic E-state index is 0.193. The zero-order valence-electron chi connectivity index (χ0n) is 32.5. The number of aryl methyl sites for hydroxylation is 1. The summed E-state index contributed by atoms with van der Waals surface area (Å²) in [4.78, 5) is 35.2. The fraction of sp³-hybridized carbons (Fsp3) is 0.222. The maximum absolute atomic E-state index is 4.95. The number of aromatic nitrogens is 1. The molecule has 12 heterocycles. The highest BCUT2D eigenvalue weighted by Gasteiger charge is 2.36. The van der Waals surface area contributed by atoms with Crippen LogP contribution in [-0.4, -0.2) is 60.6 Å². The summed E-state index contributed by atoms with van der Waals surface area (Å²) in [6.45, 7) is 8.37. The molecule has 4 unspecified atom stereocenters. The molecule has 2 saturated heterocycles. The van der Waals surface area contributed by atoms with E-state index >= 15 is 0 Å². The molecule has 13 rings (SSSR count). The van der Waals surface area contributed by atoms with Gasteiger partial charge in [-0.1, -0.05) is 0 Å².